The second kappa shape index (κ2) is 11.0. The summed E-state index contributed by atoms with van der Waals surface area (Å²) >= 11 is 0. The van der Waals surface area contributed by atoms with E-state index in [1.807, 2.05) is 19.1 Å². The number of carbonyl (C=O) groups excluding carboxylic acids is 1. The normalized spacial score (nSPS) is 15.1. The van der Waals surface area contributed by atoms with E-state index in [1.165, 1.54) is 23.7 Å². The van der Waals surface area contributed by atoms with Crippen LogP contribution in [0.4, 0.5) is 0 Å². The molecule has 184 valence electrons. The molecule has 3 rings (SSSR count). The fraction of sp³-hybridized carbons (Fsp3) is 0.440. The van der Waals surface area contributed by atoms with E-state index in [1.54, 1.807) is 26.0 Å². The molecule has 2 aromatic rings. The third kappa shape index (κ3) is 5.95. The molecule has 2 aromatic carbocycles. The van der Waals surface area contributed by atoms with E-state index in [-0.39, 0.29) is 29.0 Å². The Labute approximate surface area is 201 Å². The van der Waals surface area contributed by atoms with E-state index in [4.69, 9.17) is 4.74 Å². The molecule has 0 saturated heterocycles. The van der Waals surface area contributed by atoms with E-state index in [2.05, 4.69) is 10.5 Å². The zero-order chi connectivity index (χ0) is 24.9. The highest BCUT2D eigenvalue weighted by molar-refractivity contribution is 7.89. The number of sulfonamides is 1. The average molecular weight is 488 g/mol. The number of hydrogen-bond donors (Lipinski definition) is 2. The highest BCUT2D eigenvalue weighted by Gasteiger charge is 2.35. The van der Waals surface area contributed by atoms with Gasteiger partial charge in [-0.1, -0.05) is 37.0 Å². The monoisotopic (exact) mass is 487 g/mol. The first kappa shape index (κ1) is 25.7. The van der Waals surface area contributed by atoms with Gasteiger partial charge in [-0.2, -0.15) is 9.41 Å². The van der Waals surface area contributed by atoms with Crippen LogP contribution in [0.2, 0.25) is 0 Å². The first-order chi connectivity index (χ1) is 16.1. The van der Waals surface area contributed by atoms with Crippen LogP contribution in [0.25, 0.3) is 0 Å². The van der Waals surface area contributed by atoms with Crippen molar-refractivity contribution in [3.63, 3.8) is 0 Å². The largest absolute Gasteiger partial charge is 0.504 e. The third-order valence-corrected chi connectivity index (χ3v) is 8.26. The second-order valence-corrected chi connectivity index (χ2v) is 10.6. The number of aryl methyl sites for hydroxylation is 3. The smallest absolute Gasteiger partial charge is 0.255 e. The summed E-state index contributed by atoms with van der Waals surface area (Å²) in [6.07, 6.45) is 5.81. The number of nitrogens with one attached hydrogen (secondary N) is 1. The standard InChI is InChI=1S/C25H33N3O5S/c1-17-12-18(2)25(19(3)13-17)34(31,32)28(21-8-6-5-7-9-21)16-24(30)27-26-15-20-10-11-22(29)23(14-20)33-4/h10-15,21,29H,5-9,16H2,1-4H3,(H,27,30). The van der Waals surface area contributed by atoms with Crippen LogP contribution in [0.15, 0.2) is 40.3 Å². The predicted octanol–water partition coefficient (Wildman–Crippen LogP) is 3.80. The zero-order valence-corrected chi connectivity index (χ0v) is 21.0. The molecule has 0 atom stereocenters. The van der Waals surface area contributed by atoms with Gasteiger partial charge in [-0.3, -0.25) is 4.79 Å². The van der Waals surface area contributed by atoms with Crippen molar-refractivity contribution in [1.82, 2.24) is 9.73 Å². The van der Waals surface area contributed by atoms with E-state index in [0.29, 0.717) is 16.7 Å². The molecule has 1 saturated carbocycles. The van der Waals surface area contributed by atoms with E-state index < -0.39 is 15.9 Å². The lowest BCUT2D eigenvalue weighted by Crippen LogP contribution is -2.46. The van der Waals surface area contributed by atoms with Crippen molar-refractivity contribution in [3.05, 3.63) is 52.6 Å². The number of hydrazone groups is 1. The van der Waals surface area contributed by atoms with Crippen molar-refractivity contribution in [2.45, 2.75) is 63.8 Å². The quantitative estimate of drug-likeness (QED) is 0.435. The molecule has 34 heavy (non-hydrogen) atoms. The number of nitrogens with zero attached hydrogens (tertiary/aromatic N) is 2. The van der Waals surface area contributed by atoms with Crippen LogP contribution >= 0.6 is 0 Å². The highest BCUT2D eigenvalue weighted by atomic mass is 32.2. The van der Waals surface area contributed by atoms with Gasteiger partial charge in [-0.15, -0.1) is 0 Å². The molecule has 0 aliphatic heterocycles. The summed E-state index contributed by atoms with van der Waals surface area (Å²) in [7, 11) is -2.45. The first-order valence-corrected chi connectivity index (χ1v) is 12.9. The van der Waals surface area contributed by atoms with Gasteiger partial charge in [0, 0.05) is 6.04 Å². The number of phenolic OH excluding ortho intramolecular Hbond substituents is 1. The number of hydrogen-bond acceptors (Lipinski definition) is 6. The number of aromatic hydroxyl groups is 1. The minimum absolute atomic E-state index is 0.00120. The van der Waals surface area contributed by atoms with Crippen LogP contribution in [0.5, 0.6) is 11.5 Å². The molecular formula is C25H33N3O5S. The van der Waals surface area contributed by atoms with E-state index >= 15 is 0 Å². The van der Waals surface area contributed by atoms with Gasteiger partial charge in [-0.25, -0.2) is 13.8 Å². The summed E-state index contributed by atoms with van der Waals surface area (Å²) in [6.45, 7) is 5.21. The van der Waals surface area contributed by atoms with Gasteiger partial charge in [-0.05, 0) is 68.5 Å². The van der Waals surface area contributed by atoms with Gasteiger partial charge in [0.2, 0.25) is 10.0 Å². The number of amides is 1. The van der Waals surface area contributed by atoms with Crippen molar-refractivity contribution in [2.75, 3.05) is 13.7 Å². The summed E-state index contributed by atoms with van der Waals surface area (Å²) in [5.41, 5.74) is 5.40. The maximum Gasteiger partial charge on any atom is 0.255 e. The number of carbonyl (C=O) groups is 1. The number of rotatable bonds is 8. The molecule has 8 nitrogen and oxygen atoms in total. The Balaban J connectivity index is 1.82. The second-order valence-electron chi connectivity index (χ2n) is 8.79. The lowest BCUT2D eigenvalue weighted by molar-refractivity contribution is -0.121. The van der Waals surface area contributed by atoms with Crippen molar-refractivity contribution in [1.29, 1.82) is 0 Å². The molecule has 0 aromatic heterocycles. The van der Waals surface area contributed by atoms with Crippen LogP contribution in [-0.2, 0) is 14.8 Å². The average Bonchev–Trinajstić information content (AvgIpc) is 2.78. The maximum atomic E-state index is 13.8. The van der Waals surface area contributed by atoms with Gasteiger partial charge in [0.1, 0.15) is 0 Å². The summed E-state index contributed by atoms with van der Waals surface area (Å²) < 4.78 is 34.0. The topological polar surface area (TPSA) is 108 Å². The molecule has 0 bridgehead atoms. The van der Waals surface area contributed by atoms with Gasteiger partial charge < -0.3 is 9.84 Å². The van der Waals surface area contributed by atoms with E-state index in [0.717, 1.165) is 37.7 Å². The molecule has 0 radical (unpaired) electrons. The molecule has 1 fully saturated rings. The minimum atomic E-state index is -3.89. The molecule has 1 amide bonds. The highest BCUT2D eigenvalue weighted by Crippen LogP contribution is 2.31. The molecule has 9 heteroatoms. The number of methoxy groups -OCH3 is 1. The van der Waals surface area contributed by atoms with Crippen molar-refractivity contribution < 1.29 is 23.1 Å². The Morgan fingerprint density at radius 2 is 1.79 bits per heavy atom. The Kier molecular flexibility index (Phi) is 8.33. The number of phenols is 1. The summed E-state index contributed by atoms with van der Waals surface area (Å²) in [5.74, 6) is -0.231. The maximum absolute atomic E-state index is 13.8. The van der Waals surface area contributed by atoms with Crippen LogP contribution < -0.4 is 10.2 Å². The minimum Gasteiger partial charge on any atom is -0.504 e. The van der Waals surface area contributed by atoms with Gasteiger partial charge in [0.25, 0.3) is 5.91 Å². The Morgan fingerprint density at radius 3 is 2.41 bits per heavy atom. The van der Waals surface area contributed by atoms with Gasteiger partial charge in [0.05, 0.1) is 24.8 Å². The summed E-state index contributed by atoms with van der Waals surface area (Å²) in [6, 6.07) is 8.15. The Bertz CT molecular complexity index is 1150. The molecule has 1 aliphatic rings. The zero-order valence-electron chi connectivity index (χ0n) is 20.2. The molecule has 0 unspecified atom stereocenters. The lowest BCUT2D eigenvalue weighted by atomic mass is 9.95. The Hall–Kier alpha value is -2.91. The number of ether oxygens (including phenoxy) is 1. The summed E-state index contributed by atoms with van der Waals surface area (Å²) in [4.78, 5) is 13.0. The first-order valence-electron chi connectivity index (χ1n) is 11.4. The molecule has 1 aliphatic carbocycles. The van der Waals surface area contributed by atoms with Crippen molar-refractivity contribution in [3.8, 4) is 11.5 Å². The summed E-state index contributed by atoms with van der Waals surface area (Å²) in [5, 5.41) is 13.7. The lowest BCUT2D eigenvalue weighted by Gasteiger charge is -2.33. The van der Waals surface area contributed by atoms with Crippen LogP contribution in [0.3, 0.4) is 0 Å². The van der Waals surface area contributed by atoms with Crippen LogP contribution in [-0.4, -0.2) is 49.6 Å². The SMILES string of the molecule is COc1cc(C=NNC(=O)CN(C2CCCCC2)S(=O)(=O)c2c(C)cc(C)cc2C)ccc1O. The molecule has 0 heterocycles. The predicted molar refractivity (Wildman–Crippen MR) is 132 cm³/mol. The fourth-order valence-electron chi connectivity index (χ4n) is 4.60. The van der Waals surface area contributed by atoms with Gasteiger partial charge >= 0.3 is 0 Å². The third-order valence-electron chi connectivity index (χ3n) is 6.06. The fourth-order valence-corrected chi connectivity index (χ4v) is 6.66. The van der Waals surface area contributed by atoms with Crippen LogP contribution in [0, 0.1) is 20.8 Å². The van der Waals surface area contributed by atoms with E-state index in [9.17, 15) is 18.3 Å². The number of benzene rings is 2. The molecular weight excluding hydrogens is 454 g/mol. The van der Waals surface area contributed by atoms with Crippen molar-refractivity contribution in [2.24, 2.45) is 5.10 Å². The molecule has 0 spiro atoms. The van der Waals surface area contributed by atoms with Crippen molar-refractivity contribution >= 4 is 22.1 Å². The van der Waals surface area contributed by atoms with Gasteiger partial charge in [0.15, 0.2) is 11.5 Å². The van der Waals surface area contributed by atoms with Crippen LogP contribution in [0.1, 0.15) is 54.4 Å². The Morgan fingerprint density at radius 1 is 1.15 bits per heavy atom. The molecule has 2 N–H and O–H groups in total.